The highest BCUT2D eigenvalue weighted by Gasteiger charge is 2.32. The van der Waals surface area contributed by atoms with Crippen molar-refractivity contribution >= 4 is 17.3 Å². The molecule has 1 heterocycles. The zero-order valence-electron chi connectivity index (χ0n) is 11.0. The van der Waals surface area contributed by atoms with Crippen molar-refractivity contribution < 1.29 is 4.74 Å². The Morgan fingerprint density at radius 1 is 1.29 bits per heavy atom. The maximum atomic E-state index is 5.56. The zero-order chi connectivity index (χ0) is 12.3. The van der Waals surface area contributed by atoms with Crippen molar-refractivity contribution in [2.24, 2.45) is 0 Å². The van der Waals surface area contributed by atoms with Crippen LogP contribution in [0.2, 0.25) is 0 Å². The van der Waals surface area contributed by atoms with Gasteiger partial charge in [-0.3, -0.25) is 0 Å². The van der Waals surface area contributed by atoms with Crippen LogP contribution in [0.1, 0.15) is 46.0 Å². The lowest BCUT2D eigenvalue weighted by atomic mass is 9.95. The van der Waals surface area contributed by atoms with Gasteiger partial charge in [0.25, 0.3) is 0 Å². The predicted molar refractivity (Wildman–Crippen MR) is 74.2 cm³/mol. The van der Waals surface area contributed by atoms with Crippen LogP contribution in [0.3, 0.4) is 0 Å². The fourth-order valence-electron chi connectivity index (χ4n) is 2.73. The molecule has 4 heteroatoms. The first-order chi connectivity index (χ1) is 8.09. The zero-order valence-corrected chi connectivity index (χ0v) is 11.8. The summed E-state index contributed by atoms with van der Waals surface area (Å²) in [5.41, 5.74) is 0.0248. The maximum absolute atomic E-state index is 5.56. The van der Waals surface area contributed by atoms with E-state index in [1.165, 1.54) is 32.1 Å². The lowest BCUT2D eigenvalue weighted by Crippen LogP contribution is -2.59. The summed E-state index contributed by atoms with van der Waals surface area (Å²) >= 11 is 5.56. The summed E-state index contributed by atoms with van der Waals surface area (Å²) in [6.07, 6.45) is 6.60. The van der Waals surface area contributed by atoms with Gasteiger partial charge in [-0.25, -0.2) is 0 Å². The van der Waals surface area contributed by atoms with Crippen LogP contribution >= 0.6 is 12.2 Å². The molecule has 1 saturated carbocycles. The third-order valence-corrected chi connectivity index (χ3v) is 4.16. The molecule has 1 saturated heterocycles. The lowest BCUT2D eigenvalue weighted by Gasteiger charge is -2.44. The van der Waals surface area contributed by atoms with Crippen LogP contribution in [0.4, 0.5) is 0 Å². The Kier molecular flexibility index (Phi) is 4.26. The van der Waals surface area contributed by atoms with Crippen molar-refractivity contribution in [3.8, 4) is 0 Å². The minimum Gasteiger partial charge on any atom is -0.377 e. The molecule has 0 bridgehead atoms. The first-order valence-electron chi connectivity index (χ1n) is 6.75. The van der Waals surface area contributed by atoms with Gasteiger partial charge in [-0.2, -0.15) is 0 Å². The quantitative estimate of drug-likeness (QED) is 0.728. The molecule has 3 nitrogen and oxygen atoms in total. The second-order valence-corrected chi connectivity index (χ2v) is 6.19. The molecular weight excluding hydrogens is 232 g/mol. The highest BCUT2D eigenvalue weighted by atomic mass is 32.1. The summed E-state index contributed by atoms with van der Waals surface area (Å²) in [6, 6.07) is 0.592. The van der Waals surface area contributed by atoms with Gasteiger partial charge in [-0.05, 0) is 38.9 Å². The van der Waals surface area contributed by atoms with Gasteiger partial charge in [-0.15, -0.1) is 0 Å². The standard InChI is InChI=1S/C13H24N2OS/c1-13(2)10-16-9-8-15(13)12(17)14-11-6-4-3-5-7-11/h11H,3-10H2,1-2H3,(H,14,17). The number of ether oxygens (including phenoxy) is 1. The van der Waals surface area contributed by atoms with E-state index in [-0.39, 0.29) is 5.54 Å². The van der Waals surface area contributed by atoms with Crippen molar-refractivity contribution in [1.29, 1.82) is 0 Å². The Balaban J connectivity index is 1.89. The molecule has 2 fully saturated rings. The molecule has 0 aromatic rings. The molecule has 98 valence electrons. The molecule has 0 radical (unpaired) electrons. The molecule has 1 N–H and O–H groups in total. The third-order valence-electron chi connectivity index (χ3n) is 3.82. The fraction of sp³-hybridized carbons (Fsp3) is 0.923. The number of hydrogen-bond acceptors (Lipinski definition) is 2. The van der Waals surface area contributed by atoms with E-state index in [0.717, 1.165) is 24.9 Å². The number of morpholine rings is 1. The topological polar surface area (TPSA) is 24.5 Å². The van der Waals surface area contributed by atoms with E-state index in [1.807, 2.05) is 0 Å². The van der Waals surface area contributed by atoms with E-state index in [1.54, 1.807) is 0 Å². The SMILES string of the molecule is CC1(C)COCCN1C(=S)NC1CCCCC1. The summed E-state index contributed by atoms with van der Waals surface area (Å²) in [4.78, 5) is 2.29. The molecule has 0 unspecified atom stereocenters. The number of thiocarbonyl (C=S) groups is 1. The first kappa shape index (κ1) is 13.1. The lowest BCUT2D eigenvalue weighted by molar-refractivity contribution is -0.0156. The van der Waals surface area contributed by atoms with E-state index in [9.17, 15) is 0 Å². The molecule has 0 aromatic heterocycles. The van der Waals surface area contributed by atoms with Crippen LogP contribution in [0.25, 0.3) is 0 Å². The van der Waals surface area contributed by atoms with Crippen LogP contribution in [-0.2, 0) is 4.74 Å². The van der Waals surface area contributed by atoms with Crippen LogP contribution in [0.15, 0.2) is 0 Å². The summed E-state index contributed by atoms with van der Waals surface area (Å²) < 4.78 is 5.53. The predicted octanol–water partition coefficient (Wildman–Crippen LogP) is 2.30. The van der Waals surface area contributed by atoms with Gasteiger partial charge in [-0.1, -0.05) is 19.3 Å². The molecule has 0 aromatic carbocycles. The largest absolute Gasteiger partial charge is 0.377 e. The van der Waals surface area contributed by atoms with Gasteiger partial charge in [0.15, 0.2) is 5.11 Å². The van der Waals surface area contributed by atoms with E-state index < -0.39 is 0 Å². The normalized spacial score (nSPS) is 25.6. The number of nitrogens with one attached hydrogen (secondary N) is 1. The van der Waals surface area contributed by atoms with Gasteiger partial charge in [0.2, 0.25) is 0 Å². The molecule has 0 spiro atoms. The summed E-state index contributed by atoms with van der Waals surface area (Å²) in [7, 11) is 0. The van der Waals surface area contributed by atoms with Gasteiger partial charge < -0.3 is 15.0 Å². The van der Waals surface area contributed by atoms with Crippen LogP contribution in [0.5, 0.6) is 0 Å². The summed E-state index contributed by atoms with van der Waals surface area (Å²) in [5, 5.41) is 4.47. The minimum atomic E-state index is 0.0248. The third kappa shape index (κ3) is 3.32. The van der Waals surface area contributed by atoms with Crippen molar-refractivity contribution in [3.05, 3.63) is 0 Å². The van der Waals surface area contributed by atoms with E-state index >= 15 is 0 Å². The molecular formula is C13H24N2OS. The smallest absolute Gasteiger partial charge is 0.169 e. The van der Waals surface area contributed by atoms with Gasteiger partial charge >= 0.3 is 0 Å². The van der Waals surface area contributed by atoms with Crippen LogP contribution in [-0.4, -0.2) is 41.4 Å². The first-order valence-corrected chi connectivity index (χ1v) is 7.16. The van der Waals surface area contributed by atoms with Gasteiger partial charge in [0.1, 0.15) is 0 Å². The highest BCUT2D eigenvalue weighted by Crippen LogP contribution is 2.21. The molecule has 1 aliphatic heterocycles. The number of hydrogen-bond donors (Lipinski definition) is 1. The Hall–Kier alpha value is -0.350. The Morgan fingerprint density at radius 2 is 2.00 bits per heavy atom. The second-order valence-electron chi connectivity index (χ2n) is 5.80. The molecule has 2 rings (SSSR count). The Morgan fingerprint density at radius 3 is 2.65 bits per heavy atom. The second kappa shape index (κ2) is 5.53. The molecule has 2 aliphatic rings. The van der Waals surface area contributed by atoms with Crippen LogP contribution < -0.4 is 5.32 Å². The van der Waals surface area contributed by atoms with E-state index in [0.29, 0.717) is 6.04 Å². The molecule has 1 aliphatic carbocycles. The van der Waals surface area contributed by atoms with Crippen LogP contribution in [0, 0.1) is 0 Å². The Labute approximate surface area is 110 Å². The maximum Gasteiger partial charge on any atom is 0.169 e. The molecule has 0 atom stereocenters. The molecule has 17 heavy (non-hydrogen) atoms. The number of nitrogens with zero attached hydrogens (tertiary/aromatic N) is 1. The summed E-state index contributed by atoms with van der Waals surface area (Å²) in [5.74, 6) is 0. The van der Waals surface area contributed by atoms with Gasteiger partial charge in [0, 0.05) is 12.6 Å². The van der Waals surface area contributed by atoms with Crippen molar-refractivity contribution in [2.75, 3.05) is 19.8 Å². The van der Waals surface area contributed by atoms with Gasteiger partial charge in [0.05, 0.1) is 18.8 Å². The van der Waals surface area contributed by atoms with Crippen molar-refractivity contribution in [1.82, 2.24) is 10.2 Å². The van der Waals surface area contributed by atoms with E-state index in [4.69, 9.17) is 17.0 Å². The van der Waals surface area contributed by atoms with Crippen molar-refractivity contribution in [2.45, 2.75) is 57.5 Å². The average Bonchev–Trinajstić information content (AvgIpc) is 2.29. The monoisotopic (exact) mass is 256 g/mol. The Bertz CT molecular complexity index is 275. The average molecular weight is 256 g/mol. The molecule has 0 amide bonds. The fourth-order valence-corrected chi connectivity index (χ4v) is 3.24. The summed E-state index contributed by atoms with van der Waals surface area (Å²) in [6.45, 7) is 6.85. The van der Waals surface area contributed by atoms with Crippen molar-refractivity contribution in [3.63, 3.8) is 0 Å². The highest BCUT2D eigenvalue weighted by molar-refractivity contribution is 7.80. The minimum absolute atomic E-state index is 0.0248. The van der Waals surface area contributed by atoms with E-state index in [2.05, 4.69) is 24.1 Å². The number of rotatable bonds is 1.